The average Bonchev–Trinajstić information content (AvgIpc) is 3.45. The lowest BCUT2D eigenvalue weighted by atomic mass is 9.96. The fourth-order valence-electron chi connectivity index (χ4n) is 10.1. The van der Waals surface area contributed by atoms with Crippen LogP contribution in [0.1, 0.15) is 61.2 Å². The zero-order valence-corrected chi connectivity index (χ0v) is 45.0. The molecule has 404 valence electrons. The molecule has 11 nitrogen and oxygen atoms in total. The Morgan fingerprint density at radius 2 is 0.610 bits per heavy atom. The zero-order valence-electron chi connectivity index (χ0n) is 45.0. The molecule has 10 atom stereocenters. The highest BCUT2D eigenvalue weighted by molar-refractivity contribution is 5.25. The molecule has 0 saturated carbocycles. The van der Waals surface area contributed by atoms with E-state index in [1.807, 2.05) is 115 Å². The van der Waals surface area contributed by atoms with E-state index in [-0.39, 0.29) is 33.0 Å². The van der Waals surface area contributed by atoms with E-state index in [0.717, 1.165) is 61.2 Å². The molecule has 0 N–H and O–H groups in total. The summed E-state index contributed by atoms with van der Waals surface area (Å²) in [7, 11) is 1.62. The number of ether oxygens (including phenoxy) is 11. The fraction of sp³-hybridized carbons (Fsp3) is 0.364. The molecule has 77 heavy (non-hydrogen) atoms. The van der Waals surface area contributed by atoms with Crippen molar-refractivity contribution in [2.24, 2.45) is 0 Å². The Balaban J connectivity index is 1.07. The minimum Gasteiger partial charge on any atom is -0.374 e. The summed E-state index contributed by atoms with van der Waals surface area (Å²) in [6.07, 6.45) is -7.56. The van der Waals surface area contributed by atoms with Crippen molar-refractivity contribution in [1.29, 1.82) is 0 Å². The van der Waals surface area contributed by atoms with Crippen LogP contribution in [-0.2, 0) is 98.4 Å². The Morgan fingerprint density at radius 3 is 1.00 bits per heavy atom. The molecule has 2 saturated heterocycles. The van der Waals surface area contributed by atoms with E-state index in [2.05, 4.69) is 100 Å². The van der Waals surface area contributed by atoms with E-state index in [0.29, 0.717) is 26.4 Å². The molecule has 2 heterocycles. The predicted octanol–water partition coefficient (Wildman–Crippen LogP) is 12.1. The first-order valence-electron chi connectivity index (χ1n) is 26.8. The van der Waals surface area contributed by atoms with Crippen molar-refractivity contribution in [3.8, 4) is 0 Å². The van der Waals surface area contributed by atoms with Gasteiger partial charge in [-0.25, -0.2) is 0 Å². The van der Waals surface area contributed by atoms with E-state index >= 15 is 0 Å². The number of benzene rings is 7. The van der Waals surface area contributed by atoms with Crippen molar-refractivity contribution in [3.05, 3.63) is 249 Å². The standard InChI is InChI=1S/C66H74O11/c1-46-19-15-29-53(33-46)37-68-44-57-59(70-41-54-30-16-20-47(2)34-54)62(72-42-55-31-17-21-48(3)35-55)64(74-43-56-32-18-22-49(4)36-56)66(77-57)75-45-58-60(69-38-50-23-9-6-10-24-50)61(71-39-51-25-11-7-12-26-51)63(65(67-5)76-58)73-40-52-27-13-8-14-28-52/h6-36,57-66H,37-45H2,1-5H3/t57-,58-,59-,60-,61+,62+,63-,64-,65+,66-/m1/s1. The van der Waals surface area contributed by atoms with Crippen LogP contribution in [0.2, 0.25) is 0 Å². The van der Waals surface area contributed by atoms with Crippen molar-refractivity contribution in [3.63, 3.8) is 0 Å². The van der Waals surface area contributed by atoms with Crippen molar-refractivity contribution in [2.75, 3.05) is 20.3 Å². The van der Waals surface area contributed by atoms with E-state index in [1.54, 1.807) is 7.11 Å². The van der Waals surface area contributed by atoms with Gasteiger partial charge in [0.2, 0.25) is 0 Å². The molecule has 2 fully saturated rings. The Kier molecular flexibility index (Phi) is 20.8. The second-order valence-corrected chi connectivity index (χ2v) is 20.2. The number of methoxy groups -OCH3 is 1. The van der Waals surface area contributed by atoms with Crippen molar-refractivity contribution < 1.29 is 52.1 Å². The molecule has 2 aliphatic heterocycles. The second-order valence-electron chi connectivity index (χ2n) is 20.2. The van der Waals surface area contributed by atoms with Crippen LogP contribution in [0.4, 0.5) is 0 Å². The lowest BCUT2D eigenvalue weighted by Gasteiger charge is -2.48. The summed E-state index contributed by atoms with van der Waals surface area (Å²) in [6, 6.07) is 63.5. The molecule has 0 unspecified atom stereocenters. The molecular weight excluding hydrogens is 969 g/mol. The molecule has 9 rings (SSSR count). The van der Waals surface area contributed by atoms with E-state index in [4.69, 9.17) is 52.1 Å². The van der Waals surface area contributed by atoms with Crippen LogP contribution >= 0.6 is 0 Å². The van der Waals surface area contributed by atoms with E-state index in [1.165, 1.54) is 0 Å². The zero-order chi connectivity index (χ0) is 53.2. The highest BCUT2D eigenvalue weighted by Gasteiger charge is 2.52. The van der Waals surface area contributed by atoms with Gasteiger partial charge in [0, 0.05) is 7.11 Å². The normalized spacial score (nSPS) is 23.4. The third-order valence-electron chi connectivity index (χ3n) is 13.9. The van der Waals surface area contributed by atoms with Crippen LogP contribution in [0.3, 0.4) is 0 Å². The number of rotatable bonds is 26. The molecule has 0 aliphatic carbocycles. The molecule has 11 heteroatoms. The van der Waals surface area contributed by atoms with Crippen molar-refractivity contribution in [2.45, 2.75) is 135 Å². The van der Waals surface area contributed by atoms with Crippen molar-refractivity contribution in [1.82, 2.24) is 0 Å². The first-order chi connectivity index (χ1) is 37.7. The van der Waals surface area contributed by atoms with Crippen LogP contribution in [0.15, 0.2) is 188 Å². The molecule has 7 aromatic rings. The first kappa shape index (κ1) is 55.8. The maximum absolute atomic E-state index is 7.19. The summed E-state index contributed by atoms with van der Waals surface area (Å²) in [6.45, 7) is 10.5. The van der Waals surface area contributed by atoms with Gasteiger partial charge < -0.3 is 52.1 Å². The largest absolute Gasteiger partial charge is 0.374 e. The molecular formula is C66H74O11. The van der Waals surface area contributed by atoms with Gasteiger partial charge in [-0.05, 0) is 66.6 Å². The molecule has 7 aromatic carbocycles. The molecule has 0 amide bonds. The molecule has 2 aliphatic rings. The summed E-state index contributed by atoms with van der Waals surface area (Å²) >= 11 is 0. The summed E-state index contributed by atoms with van der Waals surface area (Å²) in [5.74, 6) is 0. The summed E-state index contributed by atoms with van der Waals surface area (Å²) in [5, 5.41) is 0. The Morgan fingerprint density at radius 1 is 0.299 bits per heavy atom. The van der Waals surface area contributed by atoms with Crippen LogP contribution < -0.4 is 0 Å². The third kappa shape index (κ3) is 16.3. The lowest BCUT2D eigenvalue weighted by molar-refractivity contribution is -0.351. The van der Waals surface area contributed by atoms with Crippen LogP contribution in [0, 0.1) is 27.7 Å². The highest BCUT2D eigenvalue weighted by Crippen LogP contribution is 2.35. The van der Waals surface area contributed by atoms with Gasteiger partial charge in [-0.15, -0.1) is 0 Å². The monoisotopic (exact) mass is 1040 g/mol. The molecule has 0 aromatic heterocycles. The lowest BCUT2D eigenvalue weighted by Crippen LogP contribution is -2.64. The Labute approximate surface area is 455 Å². The predicted molar refractivity (Wildman–Crippen MR) is 295 cm³/mol. The third-order valence-corrected chi connectivity index (χ3v) is 13.9. The van der Waals surface area contributed by atoms with E-state index < -0.39 is 61.4 Å². The number of hydrogen-bond acceptors (Lipinski definition) is 11. The maximum atomic E-state index is 7.19. The fourth-order valence-corrected chi connectivity index (χ4v) is 10.1. The summed E-state index contributed by atoms with van der Waals surface area (Å²) in [5.41, 5.74) is 11.6. The number of hydrogen-bond donors (Lipinski definition) is 0. The second kappa shape index (κ2) is 28.6. The SMILES string of the molecule is CO[C@H]1O[C@H](CO[C@@H]2O[C@H](COCc3cccc(C)c3)[C@@H](OCc3cccc(C)c3)[C@H](OCc3cccc(C)c3)[C@H]2OCc2cccc(C)c2)[C@@H](OCc2ccccc2)[C@H](OCc2ccccc2)[C@H]1OCc1ccccc1. The van der Waals surface area contributed by atoms with Gasteiger partial charge in [0.05, 0.1) is 59.5 Å². The Hall–Kier alpha value is -5.90. The topological polar surface area (TPSA) is 102 Å². The van der Waals surface area contributed by atoms with Gasteiger partial charge in [-0.1, -0.05) is 210 Å². The van der Waals surface area contributed by atoms with Crippen LogP contribution in [-0.4, -0.2) is 81.7 Å². The minimum absolute atomic E-state index is 0.0127. The van der Waals surface area contributed by atoms with Crippen LogP contribution in [0.25, 0.3) is 0 Å². The van der Waals surface area contributed by atoms with Gasteiger partial charge in [-0.3, -0.25) is 0 Å². The summed E-state index contributed by atoms with van der Waals surface area (Å²) < 4.78 is 76.0. The highest BCUT2D eigenvalue weighted by atomic mass is 16.7. The smallest absolute Gasteiger partial charge is 0.187 e. The maximum Gasteiger partial charge on any atom is 0.187 e. The van der Waals surface area contributed by atoms with Crippen molar-refractivity contribution >= 4 is 0 Å². The minimum atomic E-state index is -1.01. The quantitative estimate of drug-likeness (QED) is 0.0518. The molecule has 0 bridgehead atoms. The molecule has 0 radical (unpaired) electrons. The first-order valence-corrected chi connectivity index (χ1v) is 26.8. The summed E-state index contributed by atoms with van der Waals surface area (Å²) in [4.78, 5) is 0. The number of aryl methyl sites for hydroxylation is 4. The average molecular weight is 1040 g/mol. The van der Waals surface area contributed by atoms with Gasteiger partial charge in [0.15, 0.2) is 12.6 Å². The van der Waals surface area contributed by atoms with Gasteiger partial charge in [0.1, 0.15) is 48.8 Å². The van der Waals surface area contributed by atoms with Gasteiger partial charge in [0.25, 0.3) is 0 Å². The van der Waals surface area contributed by atoms with E-state index in [9.17, 15) is 0 Å². The molecule has 0 spiro atoms. The van der Waals surface area contributed by atoms with Gasteiger partial charge in [-0.2, -0.15) is 0 Å². The van der Waals surface area contributed by atoms with Gasteiger partial charge >= 0.3 is 0 Å². The van der Waals surface area contributed by atoms with Crippen LogP contribution in [0.5, 0.6) is 0 Å². The Bertz CT molecular complexity index is 2830.